The molecule has 0 aliphatic carbocycles. The number of aliphatic carboxylic acids is 2. The van der Waals surface area contributed by atoms with Gasteiger partial charge in [0.25, 0.3) is 0 Å². The van der Waals surface area contributed by atoms with Crippen LogP contribution in [0.25, 0.3) is 0 Å². The number of hydrogen-bond donors (Lipinski definition) is 2. The Morgan fingerprint density at radius 2 is 0.960 bits per heavy atom. The number of carbonyl (C=O) groups is 2. The number of unbranched alkanes of at least 4 members (excludes halogenated alkanes) is 10. The molecule has 0 saturated heterocycles. The van der Waals surface area contributed by atoms with Crippen LogP contribution in [0.3, 0.4) is 0 Å². The Balaban J connectivity index is -0.000000403. The third-order valence-electron chi connectivity index (χ3n) is 4.73. The van der Waals surface area contributed by atoms with Gasteiger partial charge in [0.1, 0.15) is 0 Å². The van der Waals surface area contributed by atoms with E-state index in [1.165, 1.54) is 25.7 Å². The second kappa shape index (κ2) is 20.3. The van der Waals surface area contributed by atoms with E-state index in [4.69, 9.17) is 0 Å². The molecule has 0 unspecified atom stereocenters. The Morgan fingerprint density at radius 3 is 1.24 bits per heavy atom. The van der Waals surface area contributed by atoms with E-state index in [0.29, 0.717) is 12.8 Å². The Bertz CT molecular complexity index is 316. The quantitative estimate of drug-likeness (QED) is 0.218. The van der Waals surface area contributed by atoms with Gasteiger partial charge in [-0.1, -0.05) is 90.9 Å². The van der Waals surface area contributed by atoms with Crippen LogP contribution < -0.4 is 80.9 Å². The van der Waals surface area contributed by atoms with E-state index in [0.717, 1.165) is 38.5 Å². The Hall–Kier alpha value is 1.58. The van der Waals surface area contributed by atoms with Crippen molar-refractivity contribution in [2.45, 2.75) is 104 Å². The molecule has 0 spiro atoms. The maximum Gasteiger partial charge on any atom is 1.00 e. The molecule has 140 valence electrons. The van der Waals surface area contributed by atoms with Gasteiger partial charge in [0.15, 0.2) is 5.41 Å². The average molecular weight is 393 g/mol. The fraction of sp³-hybridized carbons (Fsp3) is 0.895. The second-order valence-electron chi connectivity index (χ2n) is 6.73. The number of hydrogen-bond acceptors (Lipinski definition) is 2. The van der Waals surface area contributed by atoms with E-state index in [1.807, 2.05) is 0 Å². The zero-order valence-electron chi connectivity index (χ0n) is 19.1. The summed E-state index contributed by atoms with van der Waals surface area (Å²) in [5.74, 6) is -2.32. The van der Waals surface area contributed by atoms with Crippen LogP contribution in [0.5, 0.6) is 0 Å². The molecule has 0 aromatic heterocycles. The normalized spacial score (nSPS) is 10.6. The molecule has 0 fully saturated rings. The summed E-state index contributed by atoms with van der Waals surface area (Å²) in [6.07, 6.45) is 13.0. The van der Waals surface area contributed by atoms with Gasteiger partial charge < -0.3 is 13.1 Å². The van der Waals surface area contributed by atoms with Crippen LogP contribution in [0.2, 0.25) is 0 Å². The molecule has 0 aliphatic rings. The maximum absolute atomic E-state index is 11.6. The van der Waals surface area contributed by atoms with Gasteiger partial charge in [0, 0.05) is 0 Å². The summed E-state index contributed by atoms with van der Waals surface area (Å²) in [4.78, 5) is 23.2. The van der Waals surface area contributed by atoms with Crippen molar-refractivity contribution in [1.29, 1.82) is 0 Å². The summed E-state index contributed by atoms with van der Waals surface area (Å²) in [5, 5.41) is 19.0. The van der Waals surface area contributed by atoms with Crippen LogP contribution in [0.15, 0.2) is 0 Å². The third kappa shape index (κ3) is 14.3. The molecule has 6 heteroatoms. The van der Waals surface area contributed by atoms with Crippen LogP contribution >= 0.6 is 0 Å². The van der Waals surface area contributed by atoms with Crippen molar-refractivity contribution in [3.8, 4) is 0 Å². The first-order valence-corrected chi connectivity index (χ1v) is 9.48. The number of carboxylic acids is 2. The van der Waals surface area contributed by atoms with Gasteiger partial charge in [0.05, 0.1) is 0 Å². The summed E-state index contributed by atoms with van der Waals surface area (Å²) >= 11 is 0. The van der Waals surface area contributed by atoms with Gasteiger partial charge in [-0.25, -0.2) is 0 Å². The van der Waals surface area contributed by atoms with Crippen molar-refractivity contribution in [1.82, 2.24) is 0 Å². The van der Waals surface area contributed by atoms with E-state index in [9.17, 15) is 19.8 Å². The summed E-state index contributed by atoms with van der Waals surface area (Å²) in [7, 11) is 0. The first-order valence-electron chi connectivity index (χ1n) is 9.48. The minimum Gasteiger partial charge on any atom is -1.00 e. The molecule has 25 heavy (non-hydrogen) atoms. The second-order valence-corrected chi connectivity index (χ2v) is 6.73. The van der Waals surface area contributed by atoms with Gasteiger partial charge in [0.2, 0.25) is 0 Å². The molecule has 0 aliphatic heterocycles. The molecule has 0 aromatic rings. The van der Waals surface area contributed by atoms with Gasteiger partial charge in [-0.15, -0.1) is 0 Å². The van der Waals surface area contributed by atoms with Crippen molar-refractivity contribution < 1.29 is 104 Å². The van der Waals surface area contributed by atoms with Crippen LogP contribution in [0, 0.1) is 5.41 Å². The molecule has 0 amide bonds. The van der Waals surface area contributed by atoms with Crippen LogP contribution in [-0.4, -0.2) is 22.2 Å². The number of carboxylic acid groups (broad SMARTS) is 2. The van der Waals surface area contributed by atoms with Crippen LogP contribution in [0.1, 0.15) is 107 Å². The summed E-state index contributed by atoms with van der Waals surface area (Å²) < 4.78 is 0. The Morgan fingerprint density at radius 1 is 0.680 bits per heavy atom. The first-order chi connectivity index (χ1) is 11.0. The van der Waals surface area contributed by atoms with Gasteiger partial charge in [-0.05, 0) is 12.8 Å². The fourth-order valence-corrected chi connectivity index (χ4v) is 3.06. The predicted molar refractivity (Wildman–Crippen MR) is 95.9 cm³/mol. The van der Waals surface area contributed by atoms with Gasteiger partial charge >= 0.3 is 92.9 Å². The largest absolute Gasteiger partial charge is 1.00 e. The van der Waals surface area contributed by atoms with Crippen molar-refractivity contribution in [3.05, 3.63) is 0 Å². The SMILES string of the molecule is CCCCCCCCC(CCCCCCCC)(C(=O)O)C(=O)O.[H-].[H-].[K+].[Na+]. The molecule has 0 bridgehead atoms. The van der Waals surface area contributed by atoms with E-state index in [2.05, 4.69) is 13.8 Å². The molecule has 2 N–H and O–H groups in total. The average Bonchev–Trinajstić information content (AvgIpc) is 2.51. The minimum atomic E-state index is -1.57. The predicted octanol–water partition coefficient (Wildman–Crippen LogP) is -0.124. The maximum atomic E-state index is 11.6. The van der Waals surface area contributed by atoms with Crippen LogP contribution in [0.4, 0.5) is 0 Å². The monoisotopic (exact) mass is 392 g/mol. The summed E-state index contributed by atoms with van der Waals surface area (Å²) in [6.45, 7) is 4.31. The van der Waals surface area contributed by atoms with Crippen molar-refractivity contribution in [2.24, 2.45) is 5.41 Å². The standard InChI is InChI=1S/C19H36O4.K.Na.2H/c1-3-5-7-9-11-13-15-19(17(20)21,18(22)23)16-14-12-10-8-6-4-2;;;;/h3-16H2,1-2H3,(H,20,21)(H,22,23);;;;/q;2*+1;2*-1. The van der Waals surface area contributed by atoms with E-state index >= 15 is 0 Å². The zero-order chi connectivity index (χ0) is 17.6. The number of rotatable bonds is 16. The van der Waals surface area contributed by atoms with Gasteiger partial charge in [-0.3, -0.25) is 9.59 Å². The third-order valence-corrected chi connectivity index (χ3v) is 4.73. The molecule has 0 heterocycles. The smallest absolute Gasteiger partial charge is 1.00 e. The van der Waals surface area contributed by atoms with E-state index < -0.39 is 17.4 Å². The van der Waals surface area contributed by atoms with E-state index in [1.54, 1.807) is 0 Å². The Labute approximate surface area is 222 Å². The summed E-state index contributed by atoms with van der Waals surface area (Å²) in [6, 6.07) is 0. The molecule has 0 atom stereocenters. The van der Waals surface area contributed by atoms with E-state index in [-0.39, 0.29) is 96.6 Å². The summed E-state index contributed by atoms with van der Waals surface area (Å²) in [5.41, 5.74) is -1.57. The molecule has 0 radical (unpaired) electrons. The molecule has 0 aromatic carbocycles. The van der Waals surface area contributed by atoms with Crippen molar-refractivity contribution in [2.75, 3.05) is 0 Å². The van der Waals surface area contributed by atoms with Crippen molar-refractivity contribution >= 4 is 11.9 Å². The minimum absolute atomic E-state index is 0. The van der Waals surface area contributed by atoms with Gasteiger partial charge in [-0.2, -0.15) is 0 Å². The topological polar surface area (TPSA) is 74.6 Å². The molecular formula is C19H38KNaO4. The first kappa shape index (κ1) is 31.3. The molecule has 0 rings (SSSR count). The Kier molecular flexibility index (Phi) is 25.4. The molecule has 0 saturated carbocycles. The van der Waals surface area contributed by atoms with Crippen molar-refractivity contribution in [3.63, 3.8) is 0 Å². The molecule has 4 nitrogen and oxygen atoms in total. The molecular weight excluding hydrogens is 354 g/mol. The fourth-order valence-electron chi connectivity index (χ4n) is 3.06. The zero-order valence-corrected chi connectivity index (χ0v) is 22.2. The van der Waals surface area contributed by atoms with Crippen LogP contribution in [-0.2, 0) is 9.59 Å².